The van der Waals surface area contributed by atoms with Gasteiger partial charge >= 0.3 is 6.16 Å². The van der Waals surface area contributed by atoms with Crippen LogP contribution in [-0.2, 0) is 9.53 Å². The number of amides is 2. The average molecular weight is 386 g/mol. The molecule has 150 valence electrons. The quantitative estimate of drug-likeness (QED) is 0.452. The fourth-order valence-corrected chi connectivity index (χ4v) is 3.46. The maximum atomic E-state index is 12.7. The van der Waals surface area contributed by atoms with Gasteiger partial charge in [-0.15, -0.1) is 0 Å². The Morgan fingerprint density at radius 3 is 2.18 bits per heavy atom. The summed E-state index contributed by atoms with van der Waals surface area (Å²) in [6.07, 6.45) is 5.41. The van der Waals surface area contributed by atoms with Crippen LogP contribution in [0.25, 0.3) is 0 Å². The molecule has 1 saturated heterocycles. The summed E-state index contributed by atoms with van der Waals surface area (Å²) in [5.41, 5.74) is 1.76. The highest BCUT2D eigenvalue weighted by Gasteiger charge is 2.24. The third-order valence-corrected chi connectivity index (χ3v) is 5.02. The molecular formula is C21H26N2O5. The van der Waals surface area contributed by atoms with E-state index in [9.17, 15) is 14.4 Å². The minimum Gasteiger partial charge on any atom is -0.434 e. The van der Waals surface area contributed by atoms with Crippen molar-refractivity contribution in [3.63, 3.8) is 0 Å². The first kappa shape index (κ1) is 19.9. The van der Waals surface area contributed by atoms with Crippen LogP contribution in [-0.4, -0.2) is 60.6 Å². The number of benzene rings is 1. The molecule has 2 aliphatic rings. The van der Waals surface area contributed by atoms with Crippen LogP contribution in [0.1, 0.15) is 43.0 Å². The third-order valence-electron chi connectivity index (χ3n) is 5.02. The van der Waals surface area contributed by atoms with Crippen molar-refractivity contribution in [1.29, 1.82) is 0 Å². The van der Waals surface area contributed by atoms with Crippen molar-refractivity contribution in [3.8, 4) is 5.75 Å². The normalized spacial score (nSPS) is 16.7. The molecule has 0 radical (unpaired) electrons. The molecule has 28 heavy (non-hydrogen) atoms. The number of nitrogens with zero attached hydrogens (tertiary/aromatic N) is 2. The van der Waals surface area contributed by atoms with Crippen molar-refractivity contribution in [3.05, 3.63) is 41.5 Å². The molecule has 0 bridgehead atoms. The lowest BCUT2D eigenvalue weighted by atomic mass is 10.1. The highest BCUT2D eigenvalue weighted by molar-refractivity contribution is 5.95. The number of allylic oxidation sites excluding steroid dienone is 1. The Kier molecular flexibility index (Phi) is 6.68. The zero-order valence-electron chi connectivity index (χ0n) is 16.2. The Labute approximate surface area is 164 Å². The SMILES string of the molecule is CCOC(=O)Oc1ccc(C(=O)N2CCN(C(=O)C=C3CCCC3)CC2)cc1. The summed E-state index contributed by atoms with van der Waals surface area (Å²) >= 11 is 0. The van der Waals surface area contributed by atoms with Gasteiger partial charge in [0.15, 0.2) is 0 Å². The first-order valence-electron chi connectivity index (χ1n) is 9.79. The predicted molar refractivity (Wildman–Crippen MR) is 103 cm³/mol. The fourth-order valence-electron chi connectivity index (χ4n) is 3.46. The Hall–Kier alpha value is -2.83. The first-order chi connectivity index (χ1) is 13.6. The lowest BCUT2D eigenvalue weighted by Gasteiger charge is -2.34. The van der Waals surface area contributed by atoms with Crippen LogP contribution >= 0.6 is 0 Å². The molecule has 7 heteroatoms. The lowest BCUT2D eigenvalue weighted by Crippen LogP contribution is -2.50. The van der Waals surface area contributed by atoms with Crippen LogP contribution < -0.4 is 4.74 Å². The molecule has 1 heterocycles. The second-order valence-electron chi connectivity index (χ2n) is 6.94. The molecule has 0 spiro atoms. The van der Waals surface area contributed by atoms with Crippen molar-refractivity contribution in [2.24, 2.45) is 0 Å². The van der Waals surface area contributed by atoms with Crippen LogP contribution in [0.3, 0.4) is 0 Å². The third kappa shape index (κ3) is 5.12. The van der Waals surface area contributed by atoms with Gasteiger partial charge < -0.3 is 19.3 Å². The van der Waals surface area contributed by atoms with Crippen LogP contribution in [0.15, 0.2) is 35.9 Å². The van der Waals surface area contributed by atoms with Crippen LogP contribution in [0.4, 0.5) is 4.79 Å². The van der Waals surface area contributed by atoms with Crippen molar-refractivity contribution in [2.45, 2.75) is 32.6 Å². The van der Waals surface area contributed by atoms with E-state index in [0.717, 1.165) is 12.8 Å². The number of carbonyl (C=O) groups is 3. The Bertz CT molecular complexity index is 741. The highest BCUT2D eigenvalue weighted by Crippen LogP contribution is 2.24. The van der Waals surface area contributed by atoms with E-state index in [1.165, 1.54) is 18.4 Å². The molecule has 0 unspecified atom stereocenters. The van der Waals surface area contributed by atoms with Crippen molar-refractivity contribution >= 4 is 18.0 Å². The fraction of sp³-hybridized carbons (Fsp3) is 0.476. The molecule has 1 aromatic rings. The molecule has 3 rings (SSSR count). The Morgan fingerprint density at radius 2 is 1.57 bits per heavy atom. The average Bonchev–Trinajstić information content (AvgIpc) is 3.21. The second kappa shape index (κ2) is 9.39. The van der Waals surface area contributed by atoms with Gasteiger partial charge in [0.05, 0.1) is 6.61 Å². The molecule has 0 aromatic heterocycles. The van der Waals surface area contributed by atoms with Crippen molar-refractivity contribution in [2.75, 3.05) is 32.8 Å². The van der Waals surface area contributed by atoms with E-state index in [0.29, 0.717) is 37.5 Å². The highest BCUT2D eigenvalue weighted by atomic mass is 16.7. The van der Waals surface area contributed by atoms with E-state index in [2.05, 4.69) is 0 Å². The molecule has 1 saturated carbocycles. The Balaban J connectivity index is 1.51. The number of piperazine rings is 1. The largest absolute Gasteiger partial charge is 0.513 e. The van der Waals surface area contributed by atoms with Crippen LogP contribution in [0.5, 0.6) is 5.75 Å². The summed E-state index contributed by atoms with van der Waals surface area (Å²) < 4.78 is 9.71. The van der Waals surface area contributed by atoms with E-state index in [-0.39, 0.29) is 18.4 Å². The summed E-state index contributed by atoms with van der Waals surface area (Å²) in [5.74, 6) is 0.291. The van der Waals surface area contributed by atoms with Gasteiger partial charge in [0.25, 0.3) is 5.91 Å². The van der Waals surface area contributed by atoms with Gasteiger partial charge in [0, 0.05) is 37.8 Å². The van der Waals surface area contributed by atoms with Gasteiger partial charge in [-0.25, -0.2) is 4.79 Å². The van der Waals surface area contributed by atoms with Crippen molar-refractivity contribution < 1.29 is 23.9 Å². The van der Waals surface area contributed by atoms with Crippen LogP contribution in [0, 0.1) is 0 Å². The van der Waals surface area contributed by atoms with E-state index in [1.54, 1.807) is 42.2 Å². The monoisotopic (exact) mass is 386 g/mol. The molecule has 0 atom stereocenters. The summed E-state index contributed by atoms with van der Waals surface area (Å²) in [6.45, 7) is 4.03. The summed E-state index contributed by atoms with van der Waals surface area (Å²) in [5, 5.41) is 0. The molecule has 1 aliphatic carbocycles. The van der Waals surface area contributed by atoms with Gasteiger partial charge in [0.2, 0.25) is 5.91 Å². The minimum absolute atomic E-state index is 0.0597. The standard InChI is InChI=1S/C21H26N2O5/c1-2-27-21(26)28-18-9-7-17(8-10-18)20(25)23-13-11-22(12-14-23)19(24)15-16-5-3-4-6-16/h7-10,15H,2-6,11-14H2,1H3. The minimum atomic E-state index is -0.769. The smallest absolute Gasteiger partial charge is 0.434 e. The number of rotatable bonds is 4. The van der Waals surface area contributed by atoms with Gasteiger partial charge in [-0.2, -0.15) is 0 Å². The molecular weight excluding hydrogens is 360 g/mol. The van der Waals surface area contributed by atoms with E-state index in [1.807, 2.05) is 4.90 Å². The maximum absolute atomic E-state index is 12.7. The number of carbonyl (C=O) groups excluding carboxylic acids is 3. The zero-order valence-corrected chi connectivity index (χ0v) is 16.2. The summed E-state index contributed by atoms with van der Waals surface area (Å²) in [4.78, 5) is 39.9. The molecule has 2 amide bonds. The van der Waals surface area contributed by atoms with E-state index < -0.39 is 6.16 Å². The van der Waals surface area contributed by atoms with Gasteiger partial charge in [-0.1, -0.05) is 5.57 Å². The topological polar surface area (TPSA) is 76.2 Å². The molecule has 7 nitrogen and oxygen atoms in total. The van der Waals surface area contributed by atoms with Gasteiger partial charge in [-0.3, -0.25) is 9.59 Å². The summed E-state index contributed by atoms with van der Waals surface area (Å²) in [6, 6.07) is 6.38. The lowest BCUT2D eigenvalue weighted by molar-refractivity contribution is -0.127. The zero-order chi connectivity index (χ0) is 19.9. The molecule has 0 N–H and O–H groups in total. The van der Waals surface area contributed by atoms with Crippen molar-refractivity contribution in [1.82, 2.24) is 9.80 Å². The summed E-state index contributed by atoms with van der Waals surface area (Å²) in [7, 11) is 0. The van der Waals surface area contributed by atoms with Crippen LogP contribution in [0.2, 0.25) is 0 Å². The van der Waals surface area contributed by atoms with Gasteiger partial charge in [0.1, 0.15) is 5.75 Å². The molecule has 1 aromatic carbocycles. The first-order valence-corrected chi connectivity index (χ1v) is 9.79. The molecule has 1 aliphatic heterocycles. The van der Waals surface area contributed by atoms with E-state index in [4.69, 9.17) is 9.47 Å². The second-order valence-corrected chi connectivity index (χ2v) is 6.94. The number of hydrogen-bond donors (Lipinski definition) is 0. The Morgan fingerprint density at radius 1 is 0.964 bits per heavy atom. The van der Waals surface area contributed by atoms with E-state index >= 15 is 0 Å². The maximum Gasteiger partial charge on any atom is 0.513 e. The molecule has 2 fully saturated rings. The number of ether oxygens (including phenoxy) is 2. The van der Waals surface area contributed by atoms with Gasteiger partial charge in [-0.05, 0) is 56.9 Å². The number of hydrogen-bond acceptors (Lipinski definition) is 5. The predicted octanol–water partition coefficient (Wildman–Crippen LogP) is 3.01.